The standard InChI is InChI=1S/C4H12BN2/c1-5-4(3-6)7-2/h4,7H,3,6H2,1-2H3. The van der Waals surface area contributed by atoms with Crippen molar-refractivity contribution in [3.05, 3.63) is 0 Å². The molecule has 0 saturated carbocycles. The van der Waals surface area contributed by atoms with Crippen LogP contribution in [0.1, 0.15) is 0 Å². The van der Waals surface area contributed by atoms with Crippen molar-refractivity contribution in [2.75, 3.05) is 13.6 Å². The predicted octanol–water partition coefficient (Wildman–Crippen LogP) is -0.757. The molecule has 41 valence electrons. The van der Waals surface area contributed by atoms with Crippen LogP contribution in [-0.4, -0.2) is 26.8 Å². The van der Waals surface area contributed by atoms with Gasteiger partial charge in [0.25, 0.3) is 0 Å². The molecule has 0 aromatic rings. The number of nitrogens with two attached hydrogens (primary N) is 1. The van der Waals surface area contributed by atoms with Crippen molar-refractivity contribution in [1.82, 2.24) is 5.32 Å². The largest absolute Gasteiger partial charge is 0.330 e. The van der Waals surface area contributed by atoms with E-state index in [1.807, 2.05) is 21.2 Å². The molecule has 0 amide bonds. The Hall–Kier alpha value is -0.0151. The minimum Gasteiger partial charge on any atom is -0.330 e. The van der Waals surface area contributed by atoms with Gasteiger partial charge in [0.2, 0.25) is 0 Å². The molecule has 0 fully saturated rings. The van der Waals surface area contributed by atoms with Crippen LogP contribution in [0.25, 0.3) is 0 Å². The third-order valence-corrected chi connectivity index (χ3v) is 1.03. The van der Waals surface area contributed by atoms with Crippen LogP contribution < -0.4 is 11.1 Å². The Labute approximate surface area is 45.7 Å². The zero-order valence-corrected chi connectivity index (χ0v) is 4.94. The lowest BCUT2D eigenvalue weighted by atomic mass is 9.73. The summed E-state index contributed by atoms with van der Waals surface area (Å²) in [6.07, 6.45) is 0. The fourth-order valence-electron chi connectivity index (χ4n) is 0.421. The Balaban J connectivity index is 2.99. The van der Waals surface area contributed by atoms with E-state index in [1.165, 1.54) is 0 Å². The van der Waals surface area contributed by atoms with Crippen molar-refractivity contribution in [3.8, 4) is 0 Å². The third-order valence-electron chi connectivity index (χ3n) is 1.03. The molecule has 0 rings (SSSR count). The molecule has 1 atom stereocenters. The SMILES string of the molecule is C[B]C(CN)NC. The number of likely N-dealkylation sites (N-methyl/N-ethyl adjacent to an activating group) is 1. The zero-order chi connectivity index (χ0) is 5.70. The van der Waals surface area contributed by atoms with Crippen molar-refractivity contribution in [1.29, 1.82) is 0 Å². The molecular weight excluding hydrogens is 86.9 g/mol. The second kappa shape index (κ2) is 4.15. The van der Waals surface area contributed by atoms with Crippen molar-refractivity contribution in [2.24, 2.45) is 5.73 Å². The molecule has 0 aliphatic carbocycles. The van der Waals surface area contributed by atoms with Crippen LogP contribution in [0, 0.1) is 0 Å². The molecule has 1 radical (unpaired) electrons. The quantitative estimate of drug-likeness (QED) is 0.456. The molecule has 2 nitrogen and oxygen atoms in total. The average Bonchev–Trinajstić information content (AvgIpc) is 1.72. The van der Waals surface area contributed by atoms with E-state index in [0.717, 1.165) is 0 Å². The second-order valence-corrected chi connectivity index (χ2v) is 1.46. The van der Waals surface area contributed by atoms with Crippen LogP contribution in [0.3, 0.4) is 0 Å². The minimum absolute atomic E-state index is 0.389. The molecule has 1 unspecified atom stereocenters. The maximum absolute atomic E-state index is 5.30. The van der Waals surface area contributed by atoms with E-state index in [1.54, 1.807) is 0 Å². The summed E-state index contributed by atoms with van der Waals surface area (Å²) in [5.74, 6) is 0.389. The minimum atomic E-state index is 0.389. The zero-order valence-electron chi connectivity index (χ0n) is 4.94. The van der Waals surface area contributed by atoms with Gasteiger partial charge in [0.15, 0.2) is 0 Å². The highest BCUT2D eigenvalue weighted by molar-refractivity contribution is 6.35. The van der Waals surface area contributed by atoms with Crippen molar-refractivity contribution in [2.45, 2.75) is 12.8 Å². The number of hydrogen-bond acceptors (Lipinski definition) is 2. The van der Waals surface area contributed by atoms with Gasteiger partial charge < -0.3 is 11.1 Å². The summed E-state index contributed by atoms with van der Waals surface area (Å²) in [6.45, 7) is 2.68. The first-order chi connectivity index (χ1) is 3.35. The van der Waals surface area contributed by atoms with Crippen LogP contribution >= 0.6 is 0 Å². The molecule has 7 heavy (non-hydrogen) atoms. The summed E-state index contributed by atoms with van der Waals surface area (Å²) < 4.78 is 0. The highest BCUT2D eigenvalue weighted by Crippen LogP contribution is 1.70. The van der Waals surface area contributed by atoms with Gasteiger partial charge in [-0.3, -0.25) is 0 Å². The Kier molecular flexibility index (Phi) is 4.14. The molecule has 3 heteroatoms. The molecule has 0 aliphatic heterocycles. The Morgan fingerprint density at radius 2 is 2.43 bits per heavy atom. The predicted molar refractivity (Wildman–Crippen MR) is 33.5 cm³/mol. The van der Waals surface area contributed by atoms with Gasteiger partial charge in [-0.2, -0.15) is 0 Å². The topological polar surface area (TPSA) is 38.0 Å². The number of hydrogen-bond donors (Lipinski definition) is 2. The summed E-state index contributed by atoms with van der Waals surface area (Å²) in [7, 11) is 3.94. The summed E-state index contributed by atoms with van der Waals surface area (Å²) >= 11 is 0. The van der Waals surface area contributed by atoms with Crippen LogP contribution in [-0.2, 0) is 0 Å². The van der Waals surface area contributed by atoms with E-state index in [4.69, 9.17) is 5.73 Å². The third kappa shape index (κ3) is 2.65. The van der Waals surface area contributed by atoms with Crippen LogP contribution in [0.2, 0.25) is 6.82 Å². The first kappa shape index (κ1) is 6.98. The lowest BCUT2D eigenvalue weighted by Crippen LogP contribution is -2.37. The van der Waals surface area contributed by atoms with Crippen LogP contribution in [0.5, 0.6) is 0 Å². The first-order valence-corrected chi connectivity index (χ1v) is 2.52. The van der Waals surface area contributed by atoms with Gasteiger partial charge in [0, 0.05) is 6.54 Å². The van der Waals surface area contributed by atoms with E-state index in [-0.39, 0.29) is 0 Å². The van der Waals surface area contributed by atoms with Crippen molar-refractivity contribution >= 4 is 7.28 Å². The molecule has 0 aromatic heterocycles. The van der Waals surface area contributed by atoms with Crippen LogP contribution in [0.15, 0.2) is 0 Å². The highest BCUT2D eigenvalue weighted by Gasteiger charge is 1.96. The Morgan fingerprint density at radius 3 is 2.43 bits per heavy atom. The summed E-state index contributed by atoms with van der Waals surface area (Å²) in [6, 6.07) is 0. The Bertz CT molecular complexity index is 31.2. The summed E-state index contributed by atoms with van der Waals surface area (Å²) in [5.41, 5.74) is 5.30. The second-order valence-electron chi connectivity index (χ2n) is 1.46. The number of rotatable bonds is 3. The van der Waals surface area contributed by atoms with Gasteiger partial charge in [0.05, 0.1) is 0 Å². The smallest absolute Gasteiger partial charge is 0.131 e. The van der Waals surface area contributed by atoms with E-state index >= 15 is 0 Å². The maximum Gasteiger partial charge on any atom is 0.131 e. The fraction of sp³-hybridized carbons (Fsp3) is 1.00. The van der Waals surface area contributed by atoms with Gasteiger partial charge in [-0.05, 0) is 13.0 Å². The highest BCUT2D eigenvalue weighted by atomic mass is 14.9. The molecular formula is C4H12BN2. The van der Waals surface area contributed by atoms with Gasteiger partial charge >= 0.3 is 0 Å². The van der Waals surface area contributed by atoms with Gasteiger partial charge in [-0.15, -0.1) is 0 Å². The normalized spacial score (nSPS) is 13.6. The van der Waals surface area contributed by atoms with Crippen molar-refractivity contribution in [3.63, 3.8) is 0 Å². The summed E-state index contributed by atoms with van der Waals surface area (Å²) in [4.78, 5) is 0. The summed E-state index contributed by atoms with van der Waals surface area (Å²) in [5, 5.41) is 3.02. The van der Waals surface area contributed by atoms with Gasteiger partial charge in [-0.1, -0.05) is 6.82 Å². The molecule has 0 spiro atoms. The lowest BCUT2D eigenvalue weighted by Gasteiger charge is -2.07. The molecule has 3 N–H and O–H groups in total. The number of nitrogens with one attached hydrogen (secondary N) is 1. The average molecular weight is 99.0 g/mol. The molecule has 0 heterocycles. The Morgan fingerprint density at radius 1 is 1.86 bits per heavy atom. The first-order valence-electron chi connectivity index (χ1n) is 2.52. The molecule has 0 bridgehead atoms. The fourth-order valence-corrected chi connectivity index (χ4v) is 0.421. The lowest BCUT2D eigenvalue weighted by molar-refractivity contribution is 0.729. The molecule has 0 aliphatic rings. The van der Waals surface area contributed by atoms with E-state index in [2.05, 4.69) is 5.32 Å². The van der Waals surface area contributed by atoms with Gasteiger partial charge in [0.1, 0.15) is 7.28 Å². The van der Waals surface area contributed by atoms with E-state index in [0.29, 0.717) is 12.5 Å². The monoisotopic (exact) mass is 99.1 g/mol. The molecule has 0 saturated heterocycles. The molecule has 0 aromatic carbocycles. The van der Waals surface area contributed by atoms with Gasteiger partial charge in [-0.25, -0.2) is 0 Å². The van der Waals surface area contributed by atoms with Crippen molar-refractivity contribution < 1.29 is 0 Å². The van der Waals surface area contributed by atoms with E-state index < -0.39 is 0 Å². The van der Waals surface area contributed by atoms with E-state index in [9.17, 15) is 0 Å². The maximum atomic E-state index is 5.30. The van der Waals surface area contributed by atoms with Crippen LogP contribution in [0.4, 0.5) is 0 Å².